The Labute approximate surface area is 514 Å². The van der Waals surface area contributed by atoms with E-state index in [1.807, 2.05) is 0 Å². The van der Waals surface area contributed by atoms with E-state index in [9.17, 15) is 14.4 Å². The highest BCUT2D eigenvalue weighted by Gasteiger charge is 2.19. The Bertz CT molecular complexity index is 1660. The van der Waals surface area contributed by atoms with Crippen molar-refractivity contribution >= 4 is 17.9 Å². The van der Waals surface area contributed by atoms with Crippen LogP contribution >= 0.6 is 0 Å². The molecule has 0 bridgehead atoms. The number of allylic oxidation sites excluding steroid dienone is 18. The van der Waals surface area contributed by atoms with E-state index in [1.165, 1.54) is 193 Å². The minimum atomic E-state index is -0.779. The summed E-state index contributed by atoms with van der Waals surface area (Å²) in [7, 11) is 0. The molecule has 0 rings (SSSR count). The van der Waals surface area contributed by atoms with Crippen LogP contribution in [0.2, 0.25) is 0 Å². The van der Waals surface area contributed by atoms with Crippen LogP contribution in [0.3, 0.4) is 0 Å². The van der Waals surface area contributed by atoms with E-state index >= 15 is 0 Å². The van der Waals surface area contributed by atoms with Crippen molar-refractivity contribution in [3.8, 4) is 0 Å². The fourth-order valence-corrected chi connectivity index (χ4v) is 9.99. The Morgan fingerprint density at radius 2 is 0.470 bits per heavy atom. The second-order valence-electron chi connectivity index (χ2n) is 23.4. The molecule has 0 fully saturated rings. The van der Waals surface area contributed by atoms with Gasteiger partial charge in [0.2, 0.25) is 0 Å². The normalized spacial score (nSPS) is 12.8. The molecule has 0 aliphatic heterocycles. The third kappa shape index (κ3) is 68.7. The van der Waals surface area contributed by atoms with Crippen molar-refractivity contribution < 1.29 is 28.6 Å². The van der Waals surface area contributed by atoms with Gasteiger partial charge in [0, 0.05) is 19.3 Å². The van der Waals surface area contributed by atoms with Crippen molar-refractivity contribution in [2.45, 2.75) is 348 Å². The predicted molar refractivity (Wildman–Crippen MR) is 362 cm³/mol. The topological polar surface area (TPSA) is 78.9 Å². The number of carbonyl (C=O) groups excluding carboxylic acids is 3. The molecular weight excluding hydrogens is 1020 g/mol. The SMILES string of the molecule is CC/C=C\C/C=C\C/C=C\C/C=C\C/C=C\C/C=C\C/C=C\C/C=C\CCCCCCCCCCCCC(=O)OCC(COC(=O)CCCCCCCCCCC)OC(=O)CCCCCCCCCCC/C=C\CCCCCCCCCC. The Kier molecular flexibility index (Phi) is 67.2. The molecule has 0 N–H and O–H groups in total. The Morgan fingerprint density at radius 1 is 0.253 bits per heavy atom. The third-order valence-corrected chi connectivity index (χ3v) is 15.3. The number of esters is 3. The summed E-state index contributed by atoms with van der Waals surface area (Å²) in [6.07, 6.45) is 97.0. The minimum absolute atomic E-state index is 0.0763. The van der Waals surface area contributed by atoms with Crippen LogP contribution in [-0.4, -0.2) is 37.2 Å². The smallest absolute Gasteiger partial charge is 0.306 e. The maximum absolute atomic E-state index is 12.9. The standard InChI is InChI=1S/C77H132O6/c1-4-7-10-13-16-19-21-23-25-27-29-31-32-33-34-35-36-37-38-39-40-41-42-43-44-46-47-49-51-53-55-58-61-64-67-70-76(79)82-73-74(72-81-75(78)69-66-63-60-57-18-15-12-9-6-3)83-77(80)71-68-65-62-59-56-54-52-50-48-45-30-28-26-24-22-20-17-14-11-8-5-2/h7,10,16,19,23,25,28-31,33-34,36-37,39-40,42-43,74H,4-6,8-9,11-15,17-18,20-22,24,26-27,32,35,38,41,44-73H2,1-3H3/b10-7-,19-16-,25-23-,30-28-,31-29-,34-33-,37-36-,40-39-,43-42-. The quantitative estimate of drug-likeness (QED) is 0.0261. The van der Waals surface area contributed by atoms with Crippen LogP contribution in [0.4, 0.5) is 0 Å². The van der Waals surface area contributed by atoms with E-state index in [4.69, 9.17) is 14.2 Å². The largest absolute Gasteiger partial charge is 0.462 e. The fourth-order valence-electron chi connectivity index (χ4n) is 9.99. The van der Waals surface area contributed by atoms with Crippen molar-refractivity contribution in [3.05, 3.63) is 109 Å². The van der Waals surface area contributed by atoms with Crippen LogP contribution in [0.5, 0.6) is 0 Å². The maximum atomic E-state index is 12.9. The van der Waals surface area contributed by atoms with Gasteiger partial charge in [-0.1, -0.05) is 323 Å². The molecule has 1 atom stereocenters. The predicted octanol–water partition coefficient (Wildman–Crippen LogP) is 24.6. The van der Waals surface area contributed by atoms with E-state index < -0.39 is 6.10 Å². The van der Waals surface area contributed by atoms with Gasteiger partial charge in [0.05, 0.1) is 0 Å². The van der Waals surface area contributed by atoms with Gasteiger partial charge in [0.25, 0.3) is 0 Å². The molecule has 0 amide bonds. The molecule has 0 aromatic rings. The average molecular weight is 1150 g/mol. The summed E-state index contributed by atoms with van der Waals surface area (Å²) >= 11 is 0. The molecule has 0 heterocycles. The van der Waals surface area contributed by atoms with Gasteiger partial charge in [-0.15, -0.1) is 0 Å². The molecule has 6 heteroatoms. The van der Waals surface area contributed by atoms with Crippen molar-refractivity contribution in [3.63, 3.8) is 0 Å². The molecule has 0 aromatic heterocycles. The van der Waals surface area contributed by atoms with E-state index in [2.05, 4.69) is 130 Å². The fraction of sp³-hybridized carbons (Fsp3) is 0.727. The van der Waals surface area contributed by atoms with E-state index in [0.29, 0.717) is 19.3 Å². The van der Waals surface area contributed by atoms with Gasteiger partial charge in [-0.2, -0.15) is 0 Å². The van der Waals surface area contributed by atoms with Crippen LogP contribution in [0.25, 0.3) is 0 Å². The zero-order chi connectivity index (χ0) is 59.9. The molecule has 476 valence electrons. The number of hydrogen-bond donors (Lipinski definition) is 0. The Morgan fingerprint density at radius 3 is 0.747 bits per heavy atom. The summed E-state index contributed by atoms with van der Waals surface area (Å²) in [6.45, 7) is 6.53. The maximum Gasteiger partial charge on any atom is 0.306 e. The van der Waals surface area contributed by atoms with Crippen LogP contribution < -0.4 is 0 Å². The molecule has 0 aliphatic rings. The van der Waals surface area contributed by atoms with Crippen LogP contribution in [0, 0.1) is 0 Å². The van der Waals surface area contributed by atoms with Crippen LogP contribution in [0.1, 0.15) is 342 Å². The average Bonchev–Trinajstić information content (AvgIpc) is 3.49. The van der Waals surface area contributed by atoms with Gasteiger partial charge in [0.1, 0.15) is 13.2 Å². The number of ether oxygens (including phenoxy) is 3. The van der Waals surface area contributed by atoms with E-state index in [0.717, 1.165) is 109 Å². The first-order chi connectivity index (χ1) is 41.0. The van der Waals surface area contributed by atoms with Crippen LogP contribution in [-0.2, 0) is 28.6 Å². The zero-order valence-electron chi connectivity index (χ0n) is 54.7. The highest BCUT2D eigenvalue weighted by Crippen LogP contribution is 2.17. The van der Waals surface area contributed by atoms with Gasteiger partial charge in [0.15, 0.2) is 6.10 Å². The van der Waals surface area contributed by atoms with Gasteiger partial charge in [-0.3, -0.25) is 14.4 Å². The number of unbranched alkanes of at least 4 members (excludes halogenated alkanes) is 35. The monoisotopic (exact) mass is 1150 g/mol. The first-order valence-corrected chi connectivity index (χ1v) is 35.4. The van der Waals surface area contributed by atoms with E-state index in [-0.39, 0.29) is 31.1 Å². The lowest BCUT2D eigenvalue weighted by Crippen LogP contribution is -2.30. The first kappa shape index (κ1) is 79.1. The van der Waals surface area contributed by atoms with Gasteiger partial charge in [-0.25, -0.2) is 0 Å². The van der Waals surface area contributed by atoms with Crippen LogP contribution in [0.15, 0.2) is 109 Å². The summed E-state index contributed by atoms with van der Waals surface area (Å²) < 4.78 is 16.9. The molecular formula is C77H132O6. The Hall–Kier alpha value is -3.93. The van der Waals surface area contributed by atoms with Gasteiger partial charge in [-0.05, 0) is 109 Å². The molecule has 6 nitrogen and oxygen atoms in total. The number of carbonyl (C=O) groups is 3. The molecule has 1 unspecified atom stereocenters. The lowest BCUT2D eigenvalue weighted by atomic mass is 10.0. The summed E-state index contributed by atoms with van der Waals surface area (Å²) in [5.74, 6) is -0.873. The third-order valence-electron chi connectivity index (χ3n) is 15.3. The first-order valence-electron chi connectivity index (χ1n) is 35.4. The molecule has 0 aromatic carbocycles. The second-order valence-corrected chi connectivity index (χ2v) is 23.4. The van der Waals surface area contributed by atoms with Crippen molar-refractivity contribution in [2.75, 3.05) is 13.2 Å². The lowest BCUT2D eigenvalue weighted by molar-refractivity contribution is -0.167. The molecule has 0 radical (unpaired) electrons. The van der Waals surface area contributed by atoms with Crippen molar-refractivity contribution in [1.82, 2.24) is 0 Å². The zero-order valence-corrected chi connectivity index (χ0v) is 54.7. The summed E-state index contributed by atoms with van der Waals surface area (Å²) in [4.78, 5) is 38.3. The number of rotatable bonds is 64. The molecule has 0 spiro atoms. The highest BCUT2D eigenvalue weighted by atomic mass is 16.6. The molecule has 0 aliphatic carbocycles. The van der Waals surface area contributed by atoms with Gasteiger partial charge < -0.3 is 14.2 Å². The summed E-state index contributed by atoms with van der Waals surface area (Å²) in [5, 5.41) is 0. The second kappa shape index (κ2) is 70.6. The Balaban J connectivity index is 4.15. The van der Waals surface area contributed by atoms with Crippen molar-refractivity contribution in [2.24, 2.45) is 0 Å². The van der Waals surface area contributed by atoms with Gasteiger partial charge >= 0.3 is 17.9 Å². The summed E-state index contributed by atoms with van der Waals surface area (Å²) in [5.41, 5.74) is 0. The minimum Gasteiger partial charge on any atom is -0.462 e. The molecule has 83 heavy (non-hydrogen) atoms. The molecule has 0 saturated carbocycles. The summed E-state index contributed by atoms with van der Waals surface area (Å²) in [6, 6.07) is 0. The highest BCUT2D eigenvalue weighted by molar-refractivity contribution is 5.71. The molecule has 0 saturated heterocycles. The lowest BCUT2D eigenvalue weighted by Gasteiger charge is -2.18. The van der Waals surface area contributed by atoms with E-state index in [1.54, 1.807) is 0 Å². The number of hydrogen-bond acceptors (Lipinski definition) is 6. The van der Waals surface area contributed by atoms with Crippen molar-refractivity contribution in [1.29, 1.82) is 0 Å².